The van der Waals surface area contributed by atoms with E-state index in [9.17, 15) is 9.18 Å². The van der Waals surface area contributed by atoms with Gasteiger partial charge in [-0.15, -0.1) is 0 Å². The van der Waals surface area contributed by atoms with Crippen molar-refractivity contribution >= 4 is 5.91 Å². The Bertz CT molecular complexity index is 760. The van der Waals surface area contributed by atoms with Crippen molar-refractivity contribution in [2.24, 2.45) is 18.9 Å². The number of hydrogen-bond donors (Lipinski definition) is 0. The Hall–Kier alpha value is -2.37. The van der Waals surface area contributed by atoms with Gasteiger partial charge in [0.1, 0.15) is 11.8 Å². The number of nitrogens with zero attached hydrogens (tertiary/aromatic N) is 3. The van der Waals surface area contributed by atoms with E-state index in [2.05, 4.69) is 5.10 Å². The Kier molecular flexibility index (Phi) is 3.75. The van der Waals surface area contributed by atoms with Crippen molar-refractivity contribution in [2.45, 2.75) is 18.9 Å². The van der Waals surface area contributed by atoms with E-state index in [1.54, 1.807) is 42.2 Å². The van der Waals surface area contributed by atoms with Crippen molar-refractivity contribution in [2.75, 3.05) is 13.1 Å². The molecule has 0 spiro atoms. The molecular weight excluding hydrogens is 309 g/mol. The van der Waals surface area contributed by atoms with Crippen LogP contribution in [-0.4, -0.2) is 39.8 Å². The topological polar surface area (TPSA) is 47.4 Å². The molecule has 2 aromatic rings. The molecule has 0 N–H and O–H groups in total. The smallest absolute Gasteiger partial charge is 0.272 e. The molecule has 24 heavy (non-hydrogen) atoms. The molecule has 2 aliphatic rings. The molecule has 1 saturated heterocycles. The molecule has 1 aromatic carbocycles. The number of aryl methyl sites for hydroxylation is 1. The minimum Gasteiger partial charge on any atom is -0.487 e. The lowest BCUT2D eigenvalue weighted by Gasteiger charge is -2.22. The number of likely N-dealkylation sites (tertiary alicyclic amines) is 1. The minimum atomic E-state index is -0.332. The molecule has 6 heteroatoms. The number of carbonyl (C=O) groups is 1. The van der Waals surface area contributed by atoms with Crippen LogP contribution in [0.15, 0.2) is 36.5 Å². The maximum absolute atomic E-state index is 13.8. The molecule has 1 aromatic heterocycles. The van der Waals surface area contributed by atoms with E-state index in [0.29, 0.717) is 23.9 Å². The first-order valence-corrected chi connectivity index (χ1v) is 8.32. The highest BCUT2D eigenvalue weighted by Crippen LogP contribution is 2.40. The van der Waals surface area contributed by atoms with E-state index in [4.69, 9.17) is 4.74 Å². The lowest BCUT2D eigenvalue weighted by atomic mass is 9.99. The first kappa shape index (κ1) is 15.2. The zero-order chi connectivity index (χ0) is 16.7. The highest BCUT2D eigenvalue weighted by atomic mass is 19.1. The summed E-state index contributed by atoms with van der Waals surface area (Å²) in [7, 11) is 1.77. The van der Waals surface area contributed by atoms with E-state index < -0.39 is 0 Å². The Morgan fingerprint density at radius 3 is 2.83 bits per heavy atom. The third-order valence-corrected chi connectivity index (χ3v) is 5.23. The normalized spacial score (nSPS) is 25.8. The van der Waals surface area contributed by atoms with E-state index in [1.165, 1.54) is 6.07 Å². The fourth-order valence-corrected chi connectivity index (χ4v) is 3.98. The van der Waals surface area contributed by atoms with Crippen molar-refractivity contribution in [3.05, 3.63) is 48.0 Å². The van der Waals surface area contributed by atoms with Gasteiger partial charge in [-0.05, 0) is 37.0 Å². The second-order valence-corrected chi connectivity index (χ2v) is 6.64. The quantitative estimate of drug-likeness (QED) is 0.869. The first-order valence-electron chi connectivity index (χ1n) is 8.32. The molecule has 0 bridgehead atoms. The number of benzene rings is 1. The van der Waals surface area contributed by atoms with Gasteiger partial charge in [-0.2, -0.15) is 5.10 Å². The van der Waals surface area contributed by atoms with Crippen molar-refractivity contribution < 1.29 is 13.9 Å². The van der Waals surface area contributed by atoms with Crippen LogP contribution in [0.1, 0.15) is 23.3 Å². The molecule has 1 aliphatic heterocycles. The second kappa shape index (κ2) is 5.92. The molecule has 2 fully saturated rings. The number of fused-ring (bicyclic) bond motifs is 1. The fraction of sp³-hybridized carbons (Fsp3) is 0.444. The summed E-state index contributed by atoms with van der Waals surface area (Å²) in [4.78, 5) is 14.5. The molecule has 126 valence electrons. The van der Waals surface area contributed by atoms with Crippen LogP contribution in [0.25, 0.3) is 0 Å². The molecule has 1 saturated carbocycles. The SMILES string of the molecule is Cn1nccc1C(=O)N1C[C@@H]2CC[C@H](Oc3ccccc3F)[C@@H]2C1. The first-order chi connectivity index (χ1) is 11.6. The monoisotopic (exact) mass is 329 g/mol. The van der Waals surface area contributed by atoms with Gasteiger partial charge in [0.05, 0.1) is 0 Å². The van der Waals surface area contributed by atoms with Crippen LogP contribution in [0, 0.1) is 17.7 Å². The van der Waals surface area contributed by atoms with Gasteiger partial charge in [-0.25, -0.2) is 4.39 Å². The van der Waals surface area contributed by atoms with Crippen LogP contribution in [-0.2, 0) is 7.05 Å². The molecule has 5 nitrogen and oxygen atoms in total. The number of carbonyl (C=O) groups excluding carboxylic acids is 1. The number of ether oxygens (including phenoxy) is 1. The average molecular weight is 329 g/mol. The van der Waals surface area contributed by atoms with Crippen LogP contribution in [0.5, 0.6) is 5.75 Å². The summed E-state index contributed by atoms with van der Waals surface area (Å²) in [6.07, 6.45) is 3.53. The third kappa shape index (κ3) is 2.56. The zero-order valence-corrected chi connectivity index (χ0v) is 13.6. The standard InChI is InChI=1S/C18H20FN3O2/c1-21-15(8-9-20-21)18(23)22-10-12-6-7-16(13(12)11-22)24-17-5-3-2-4-14(17)19/h2-5,8-9,12-13,16H,6-7,10-11H2,1H3/t12-,13+,16-/m0/s1. The summed E-state index contributed by atoms with van der Waals surface area (Å²) in [5.74, 6) is 0.677. The lowest BCUT2D eigenvalue weighted by Crippen LogP contribution is -2.33. The molecule has 0 radical (unpaired) electrons. The second-order valence-electron chi connectivity index (χ2n) is 6.64. The van der Waals surface area contributed by atoms with Gasteiger partial charge < -0.3 is 9.64 Å². The van der Waals surface area contributed by atoms with Gasteiger partial charge >= 0.3 is 0 Å². The van der Waals surface area contributed by atoms with Crippen molar-refractivity contribution in [3.8, 4) is 5.75 Å². The van der Waals surface area contributed by atoms with Gasteiger partial charge in [0.15, 0.2) is 11.6 Å². The predicted molar refractivity (Wildman–Crippen MR) is 86.1 cm³/mol. The molecule has 2 heterocycles. The van der Waals surface area contributed by atoms with Crippen LogP contribution in [0.3, 0.4) is 0 Å². The summed E-state index contributed by atoms with van der Waals surface area (Å²) >= 11 is 0. The van der Waals surface area contributed by atoms with Crippen LogP contribution < -0.4 is 4.74 Å². The summed E-state index contributed by atoms with van der Waals surface area (Å²) in [6, 6.07) is 8.25. The van der Waals surface area contributed by atoms with E-state index in [0.717, 1.165) is 19.4 Å². The van der Waals surface area contributed by atoms with Gasteiger partial charge in [-0.1, -0.05) is 12.1 Å². The highest BCUT2D eigenvalue weighted by molar-refractivity contribution is 5.92. The Morgan fingerprint density at radius 2 is 2.08 bits per heavy atom. The number of para-hydroxylation sites is 1. The summed E-state index contributed by atoms with van der Waals surface area (Å²) in [5.41, 5.74) is 0.599. The molecular formula is C18H20FN3O2. The number of amides is 1. The van der Waals surface area contributed by atoms with E-state index in [-0.39, 0.29) is 23.7 Å². The fourth-order valence-electron chi connectivity index (χ4n) is 3.98. The molecule has 1 aliphatic carbocycles. The highest BCUT2D eigenvalue weighted by Gasteiger charge is 2.45. The zero-order valence-electron chi connectivity index (χ0n) is 13.6. The molecule has 3 atom stereocenters. The minimum absolute atomic E-state index is 0.00837. The van der Waals surface area contributed by atoms with E-state index in [1.807, 2.05) is 4.90 Å². The lowest BCUT2D eigenvalue weighted by molar-refractivity contribution is 0.0750. The predicted octanol–water partition coefficient (Wildman–Crippen LogP) is 2.49. The van der Waals surface area contributed by atoms with Crippen molar-refractivity contribution in [1.82, 2.24) is 14.7 Å². The van der Waals surface area contributed by atoms with Gasteiger partial charge in [0.2, 0.25) is 0 Å². The third-order valence-electron chi connectivity index (χ3n) is 5.23. The number of halogens is 1. The Labute approximate surface area is 140 Å². The van der Waals surface area contributed by atoms with Gasteiger partial charge in [0, 0.05) is 32.3 Å². The number of rotatable bonds is 3. The van der Waals surface area contributed by atoms with Crippen molar-refractivity contribution in [3.63, 3.8) is 0 Å². The molecule has 1 amide bonds. The van der Waals surface area contributed by atoms with Crippen LogP contribution >= 0.6 is 0 Å². The number of hydrogen-bond acceptors (Lipinski definition) is 3. The van der Waals surface area contributed by atoms with Gasteiger partial charge in [0.25, 0.3) is 5.91 Å². The summed E-state index contributed by atoms with van der Waals surface area (Å²) in [5, 5.41) is 4.06. The molecule has 0 unspecified atom stereocenters. The van der Waals surface area contributed by atoms with E-state index >= 15 is 0 Å². The average Bonchev–Trinajstić information content (AvgIpc) is 3.26. The summed E-state index contributed by atoms with van der Waals surface area (Å²) in [6.45, 7) is 1.40. The Balaban J connectivity index is 1.46. The van der Waals surface area contributed by atoms with Crippen LogP contribution in [0.2, 0.25) is 0 Å². The number of aromatic nitrogens is 2. The van der Waals surface area contributed by atoms with Crippen molar-refractivity contribution in [1.29, 1.82) is 0 Å². The Morgan fingerprint density at radius 1 is 1.25 bits per heavy atom. The maximum atomic E-state index is 13.8. The summed E-state index contributed by atoms with van der Waals surface area (Å²) < 4.78 is 21.4. The van der Waals surface area contributed by atoms with Gasteiger partial charge in [-0.3, -0.25) is 9.48 Å². The van der Waals surface area contributed by atoms with Crippen LogP contribution in [0.4, 0.5) is 4.39 Å². The molecule has 4 rings (SSSR count). The maximum Gasteiger partial charge on any atom is 0.272 e. The largest absolute Gasteiger partial charge is 0.487 e.